The summed E-state index contributed by atoms with van der Waals surface area (Å²) >= 11 is 0. The molecule has 2 unspecified atom stereocenters. The highest BCUT2D eigenvalue weighted by atomic mass is 15.2. The molecule has 2 rings (SSSR count). The molecule has 0 aromatic carbocycles. The van der Waals surface area contributed by atoms with Gasteiger partial charge in [-0.25, -0.2) is 0 Å². The first-order chi connectivity index (χ1) is 5.42. The van der Waals surface area contributed by atoms with Crippen molar-refractivity contribution in [1.82, 2.24) is 4.90 Å². The van der Waals surface area contributed by atoms with E-state index in [-0.39, 0.29) is 0 Å². The topological polar surface area (TPSA) is 27.0 Å². The molecule has 2 aliphatic heterocycles. The van der Waals surface area contributed by atoms with Crippen molar-refractivity contribution in [1.29, 1.82) is 5.26 Å². The molecular weight excluding hydrogens is 136 g/mol. The molecule has 56 valence electrons. The fraction of sp³-hybridized carbons (Fsp3) is 0.444. The van der Waals surface area contributed by atoms with Crippen molar-refractivity contribution in [2.45, 2.75) is 24.9 Å². The van der Waals surface area contributed by atoms with Crippen molar-refractivity contribution >= 4 is 0 Å². The average molecular weight is 146 g/mol. The summed E-state index contributed by atoms with van der Waals surface area (Å²) in [4.78, 5) is 1.88. The van der Waals surface area contributed by atoms with Crippen LogP contribution in [0, 0.1) is 11.5 Å². The molecule has 0 amide bonds. The van der Waals surface area contributed by atoms with Crippen molar-refractivity contribution < 1.29 is 0 Å². The molecular formula is C9H10N2. The maximum Gasteiger partial charge on any atom is 0.180 e. The summed E-state index contributed by atoms with van der Waals surface area (Å²) in [6.45, 7) is 0. The molecule has 2 atom stereocenters. The van der Waals surface area contributed by atoms with E-state index in [1.54, 1.807) is 0 Å². The van der Waals surface area contributed by atoms with Gasteiger partial charge in [0, 0.05) is 0 Å². The van der Waals surface area contributed by atoms with E-state index >= 15 is 0 Å². The van der Waals surface area contributed by atoms with Gasteiger partial charge in [-0.1, -0.05) is 24.3 Å². The SMILES string of the molecule is N#CN1C2C=CCC1C=CC2. The zero-order valence-corrected chi connectivity index (χ0v) is 6.27. The van der Waals surface area contributed by atoms with Gasteiger partial charge < -0.3 is 0 Å². The third kappa shape index (κ3) is 0.932. The van der Waals surface area contributed by atoms with Gasteiger partial charge in [0.25, 0.3) is 0 Å². The van der Waals surface area contributed by atoms with E-state index in [9.17, 15) is 0 Å². The zero-order valence-electron chi connectivity index (χ0n) is 6.27. The molecule has 2 bridgehead atoms. The quantitative estimate of drug-likeness (QED) is 0.382. The molecule has 2 heteroatoms. The molecule has 2 nitrogen and oxygen atoms in total. The second-order valence-electron chi connectivity index (χ2n) is 2.97. The molecule has 2 aliphatic rings. The van der Waals surface area contributed by atoms with E-state index in [1.807, 2.05) is 4.90 Å². The van der Waals surface area contributed by atoms with Gasteiger partial charge in [-0.05, 0) is 12.8 Å². The minimum atomic E-state index is 0.337. The highest BCUT2D eigenvalue weighted by Gasteiger charge is 2.26. The van der Waals surface area contributed by atoms with Crippen LogP contribution < -0.4 is 0 Å². The Morgan fingerprint density at radius 3 is 2.09 bits per heavy atom. The van der Waals surface area contributed by atoms with Crippen LogP contribution in [0.3, 0.4) is 0 Å². The lowest BCUT2D eigenvalue weighted by atomic mass is 9.96. The van der Waals surface area contributed by atoms with Gasteiger partial charge in [-0.3, -0.25) is 4.90 Å². The maximum absolute atomic E-state index is 8.80. The molecule has 0 saturated carbocycles. The first kappa shape index (κ1) is 6.48. The molecule has 0 aromatic heterocycles. The largest absolute Gasteiger partial charge is 0.296 e. The Labute approximate surface area is 66.4 Å². The number of nitrogens with zero attached hydrogens (tertiary/aromatic N) is 2. The number of hydrogen-bond donors (Lipinski definition) is 0. The fourth-order valence-electron chi connectivity index (χ4n) is 1.71. The highest BCUT2D eigenvalue weighted by molar-refractivity contribution is 5.18. The lowest BCUT2D eigenvalue weighted by molar-refractivity contribution is 0.260. The number of rotatable bonds is 0. The summed E-state index contributed by atoms with van der Waals surface area (Å²) in [6, 6.07) is 0.674. The minimum absolute atomic E-state index is 0.337. The number of fused-ring (bicyclic) bond motifs is 2. The Bertz CT molecular complexity index is 227. The lowest BCUT2D eigenvalue weighted by Gasteiger charge is -2.35. The van der Waals surface area contributed by atoms with E-state index in [0.29, 0.717) is 12.1 Å². The Morgan fingerprint density at radius 2 is 1.73 bits per heavy atom. The van der Waals surface area contributed by atoms with Crippen LogP contribution in [0.15, 0.2) is 24.3 Å². The van der Waals surface area contributed by atoms with Crippen LogP contribution in [0.4, 0.5) is 0 Å². The zero-order chi connectivity index (χ0) is 7.68. The Morgan fingerprint density at radius 1 is 1.18 bits per heavy atom. The third-order valence-electron chi connectivity index (χ3n) is 2.30. The molecule has 0 aromatic rings. The number of hydrogen-bond acceptors (Lipinski definition) is 2. The highest BCUT2D eigenvalue weighted by Crippen LogP contribution is 2.23. The van der Waals surface area contributed by atoms with Crippen molar-refractivity contribution in [2.75, 3.05) is 0 Å². The first-order valence-corrected chi connectivity index (χ1v) is 3.93. The monoisotopic (exact) mass is 146 g/mol. The van der Waals surface area contributed by atoms with E-state index < -0.39 is 0 Å². The summed E-state index contributed by atoms with van der Waals surface area (Å²) in [5.41, 5.74) is 0. The maximum atomic E-state index is 8.80. The van der Waals surface area contributed by atoms with E-state index in [4.69, 9.17) is 5.26 Å². The van der Waals surface area contributed by atoms with Crippen molar-refractivity contribution in [2.24, 2.45) is 0 Å². The Kier molecular flexibility index (Phi) is 1.43. The van der Waals surface area contributed by atoms with Crippen molar-refractivity contribution in [3.05, 3.63) is 24.3 Å². The smallest absolute Gasteiger partial charge is 0.180 e. The Hall–Kier alpha value is -1.23. The van der Waals surface area contributed by atoms with Crippen LogP contribution in [0.2, 0.25) is 0 Å². The van der Waals surface area contributed by atoms with Gasteiger partial charge in [0.15, 0.2) is 6.19 Å². The van der Waals surface area contributed by atoms with Gasteiger partial charge in [0.2, 0.25) is 0 Å². The molecule has 0 N–H and O–H groups in total. The van der Waals surface area contributed by atoms with Gasteiger partial charge >= 0.3 is 0 Å². The van der Waals surface area contributed by atoms with E-state index in [1.165, 1.54) is 0 Å². The van der Waals surface area contributed by atoms with Gasteiger partial charge in [0.05, 0.1) is 12.1 Å². The normalized spacial score (nSPS) is 33.5. The standard InChI is InChI=1S/C9H10N2/c10-7-11-8-3-1-4-9(11)6-2-5-8/h1-3,6,8-9H,4-5H2. The predicted octanol–water partition coefficient (Wildman–Crippen LogP) is 1.43. The summed E-state index contributed by atoms with van der Waals surface area (Å²) in [5.74, 6) is 0. The molecule has 0 radical (unpaired) electrons. The fourth-order valence-corrected chi connectivity index (χ4v) is 1.71. The van der Waals surface area contributed by atoms with Crippen LogP contribution >= 0.6 is 0 Å². The summed E-state index contributed by atoms with van der Waals surface area (Å²) in [7, 11) is 0. The van der Waals surface area contributed by atoms with E-state index in [0.717, 1.165) is 12.8 Å². The summed E-state index contributed by atoms with van der Waals surface area (Å²) in [5, 5.41) is 8.80. The summed E-state index contributed by atoms with van der Waals surface area (Å²) < 4.78 is 0. The summed E-state index contributed by atoms with van der Waals surface area (Å²) in [6.07, 6.45) is 12.8. The molecule has 0 aliphatic carbocycles. The van der Waals surface area contributed by atoms with Gasteiger partial charge in [0.1, 0.15) is 0 Å². The second-order valence-corrected chi connectivity index (χ2v) is 2.97. The van der Waals surface area contributed by atoms with Crippen LogP contribution in [0.5, 0.6) is 0 Å². The third-order valence-corrected chi connectivity index (χ3v) is 2.30. The predicted molar refractivity (Wildman–Crippen MR) is 42.5 cm³/mol. The Balaban J connectivity index is 2.30. The number of nitriles is 1. The van der Waals surface area contributed by atoms with Crippen LogP contribution in [-0.4, -0.2) is 17.0 Å². The average Bonchev–Trinajstić information content (AvgIpc) is 2.03. The van der Waals surface area contributed by atoms with Gasteiger partial charge in [-0.15, -0.1) is 0 Å². The molecule has 0 spiro atoms. The molecule has 0 saturated heterocycles. The first-order valence-electron chi connectivity index (χ1n) is 3.93. The van der Waals surface area contributed by atoms with Crippen molar-refractivity contribution in [3.63, 3.8) is 0 Å². The van der Waals surface area contributed by atoms with Crippen LogP contribution in [-0.2, 0) is 0 Å². The van der Waals surface area contributed by atoms with Gasteiger partial charge in [-0.2, -0.15) is 5.26 Å². The van der Waals surface area contributed by atoms with Crippen LogP contribution in [0.1, 0.15) is 12.8 Å². The second kappa shape index (κ2) is 2.43. The molecule has 0 fully saturated rings. The molecule has 2 heterocycles. The van der Waals surface area contributed by atoms with Crippen molar-refractivity contribution in [3.8, 4) is 6.19 Å². The van der Waals surface area contributed by atoms with Crippen LogP contribution in [0.25, 0.3) is 0 Å². The molecule has 11 heavy (non-hydrogen) atoms. The minimum Gasteiger partial charge on any atom is -0.296 e. The lowest BCUT2D eigenvalue weighted by Crippen LogP contribution is -2.41. The van der Waals surface area contributed by atoms with E-state index in [2.05, 4.69) is 30.5 Å².